The van der Waals surface area contributed by atoms with Crippen molar-refractivity contribution in [3.63, 3.8) is 0 Å². The van der Waals surface area contributed by atoms with Crippen LogP contribution in [0.15, 0.2) is 42.6 Å². The highest BCUT2D eigenvalue weighted by molar-refractivity contribution is 5.92. The summed E-state index contributed by atoms with van der Waals surface area (Å²) in [7, 11) is 0. The number of urea groups is 1. The second-order valence-electron chi connectivity index (χ2n) is 4.80. The lowest BCUT2D eigenvalue weighted by atomic mass is 10.2. The SMILES string of the molecule is NC(=O)Nc1ccc(CNC(=O)c2ccc(C(F)(F)F)cn2)cc1. The zero-order valence-electron chi connectivity index (χ0n) is 12.2. The molecule has 0 aliphatic heterocycles. The van der Waals surface area contributed by atoms with Crippen molar-refractivity contribution in [3.05, 3.63) is 59.4 Å². The molecule has 3 amide bonds. The molecule has 2 aromatic rings. The molecule has 9 heteroatoms. The van der Waals surface area contributed by atoms with Crippen LogP contribution in [-0.4, -0.2) is 16.9 Å². The van der Waals surface area contributed by atoms with Crippen molar-refractivity contribution in [1.82, 2.24) is 10.3 Å². The molecule has 24 heavy (non-hydrogen) atoms. The molecule has 0 radical (unpaired) electrons. The van der Waals surface area contributed by atoms with Crippen molar-refractivity contribution in [1.29, 1.82) is 0 Å². The van der Waals surface area contributed by atoms with Gasteiger partial charge >= 0.3 is 12.2 Å². The fourth-order valence-electron chi connectivity index (χ4n) is 1.82. The monoisotopic (exact) mass is 338 g/mol. The number of nitrogens with two attached hydrogens (primary N) is 1. The lowest BCUT2D eigenvalue weighted by Crippen LogP contribution is -2.24. The third kappa shape index (κ3) is 4.70. The number of nitrogens with zero attached hydrogens (tertiary/aromatic N) is 1. The van der Waals surface area contributed by atoms with Crippen molar-refractivity contribution >= 4 is 17.6 Å². The van der Waals surface area contributed by atoms with Crippen LogP contribution in [0.2, 0.25) is 0 Å². The number of alkyl halides is 3. The van der Waals surface area contributed by atoms with Gasteiger partial charge in [0.05, 0.1) is 5.56 Å². The average Bonchev–Trinajstić information content (AvgIpc) is 2.52. The predicted octanol–water partition coefficient (Wildman–Crippen LogP) is 2.52. The van der Waals surface area contributed by atoms with Crippen molar-refractivity contribution in [2.75, 3.05) is 5.32 Å². The molecule has 1 aromatic heterocycles. The van der Waals surface area contributed by atoms with E-state index in [0.717, 1.165) is 17.7 Å². The molecule has 0 fully saturated rings. The van der Waals surface area contributed by atoms with E-state index in [1.807, 2.05) is 0 Å². The number of hydrogen-bond donors (Lipinski definition) is 3. The van der Waals surface area contributed by atoms with Crippen molar-refractivity contribution in [2.45, 2.75) is 12.7 Å². The second kappa shape index (κ2) is 6.99. The molecule has 4 N–H and O–H groups in total. The summed E-state index contributed by atoms with van der Waals surface area (Å²) in [5, 5.41) is 4.93. The number of nitrogens with one attached hydrogen (secondary N) is 2. The first kappa shape index (κ1) is 17.3. The number of rotatable bonds is 4. The van der Waals surface area contributed by atoms with Gasteiger partial charge in [0.2, 0.25) is 0 Å². The van der Waals surface area contributed by atoms with Gasteiger partial charge in [-0.3, -0.25) is 9.78 Å². The molecule has 0 aliphatic rings. The number of primary amides is 1. The highest BCUT2D eigenvalue weighted by Crippen LogP contribution is 2.28. The molecule has 0 bridgehead atoms. The van der Waals surface area contributed by atoms with Gasteiger partial charge in [0.15, 0.2) is 0 Å². The normalized spacial score (nSPS) is 11.0. The number of anilines is 1. The zero-order chi connectivity index (χ0) is 17.7. The van der Waals surface area contributed by atoms with Crippen LogP contribution < -0.4 is 16.4 Å². The standard InChI is InChI=1S/C15H13F3N4O2/c16-15(17,18)10-3-6-12(20-8-10)13(23)21-7-9-1-4-11(5-2-9)22-14(19)24/h1-6,8H,7H2,(H,21,23)(H3,19,22,24). The molecule has 1 aromatic carbocycles. The van der Waals surface area contributed by atoms with Gasteiger partial charge in [-0.15, -0.1) is 0 Å². The van der Waals surface area contributed by atoms with Gasteiger partial charge in [-0.25, -0.2) is 4.79 Å². The number of carbonyl (C=O) groups is 2. The zero-order valence-corrected chi connectivity index (χ0v) is 12.2. The smallest absolute Gasteiger partial charge is 0.351 e. The Morgan fingerprint density at radius 1 is 1.08 bits per heavy atom. The van der Waals surface area contributed by atoms with Gasteiger partial charge in [0.25, 0.3) is 5.91 Å². The number of carbonyl (C=O) groups excluding carboxylic acids is 2. The summed E-state index contributed by atoms with van der Waals surface area (Å²) in [6.07, 6.45) is -3.89. The quantitative estimate of drug-likeness (QED) is 0.799. The second-order valence-corrected chi connectivity index (χ2v) is 4.80. The van der Waals surface area contributed by atoms with Crippen LogP contribution in [-0.2, 0) is 12.7 Å². The van der Waals surface area contributed by atoms with Gasteiger partial charge in [-0.05, 0) is 29.8 Å². The summed E-state index contributed by atoms with van der Waals surface area (Å²) >= 11 is 0. The number of aromatic nitrogens is 1. The lowest BCUT2D eigenvalue weighted by Gasteiger charge is -2.08. The van der Waals surface area contributed by atoms with E-state index in [4.69, 9.17) is 5.73 Å². The minimum atomic E-state index is -4.50. The van der Waals surface area contributed by atoms with Crippen LogP contribution in [0.3, 0.4) is 0 Å². The number of benzene rings is 1. The van der Waals surface area contributed by atoms with E-state index in [9.17, 15) is 22.8 Å². The summed E-state index contributed by atoms with van der Waals surface area (Å²) in [6, 6.07) is 7.64. The van der Waals surface area contributed by atoms with E-state index in [1.165, 1.54) is 0 Å². The Balaban J connectivity index is 1.94. The first-order chi connectivity index (χ1) is 11.3. The van der Waals surface area contributed by atoms with Gasteiger partial charge in [-0.1, -0.05) is 12.1 Å². The highest BCUT2D eigenvalue weighted by Gasteiger charge is 2.30. The molecule has 6 nitrogen and oxygen atoms in total. The Bertz CT molecular complexity index is 728. The fraction of sp³-hybridized carbons (Fsp3) is 0.133. The first-order valence-corrected chi connectivity index (χ1v) is 6.72. The van der Waals surface area contributed by atoms with E-state index in [-0.39, 0.29) is 12.2 Å². The first-order valence-electron chi connectivity index (χ1n) is 6.72. The van der Waals surface area contributed by atoms with E-state index < -0.39 is 23.7 Å². The van der Waals surface area contributed by atoms with Crippen molar-refractivity contribution in [3.8, 4) is 0 Å². The molecule has 1 heterocycles. The van der Waals surface area contributed by atoms with Crippen LogP contribution >= 0.6 is 0 Å². The van der Waals surface area contributed by atoms with Crippen LogP contribution in [0, 0.1) is 0 Å². The van der Waals surface area contributed by atoms with Gasteiger partial charge < -0.3 is 16.4 Å². The molecule has 0 spiro atoms. The number of hydrogen-bond acceptors (Lipinski definition) is 3. The molecule has 2 rings (SSSR count). The molecule has 126 valence electrons. The Morgan fingerprint density at radius 2 is 1.75 bits per heavy atom. The Kier molecular flexibility index (Phi) is 5.02. The molecular weight excluding hydrogens is 325 g/mol. The molecule has 0 saturated carbocycles. The maximum Gasteiger partial charge on any atom is 0.417 e. The Hall–Kier alpha value is -3.10. The van der Waals surface area contributed by atoms with Crippen LogP contribution in [0.1, 0.15) is 21.6 Å². The molecule has 0 aliphatic carbocycles. The third-order valence-electron chi connectivity index (χ3n) is 3.00. The molecule has 0 unspecified atom stereocenters. The largest absolute Gasteiger partial charge is 0.417 e. The van der Waals surface area contributed by atoms with Crippen LogP contribution in [0.4, 0.5) is 23.7 Å². The predicted molar refractivity (Wildman–Crippen MR) is 80.1 cm³/mol. The van der Waals surface area contributed by atoms with Gasteiger partial charge in [0, 0.05) is 18.4 Å². The summed E-state index contributed by atoms with van der Waals surface area (Å²) in [5.41, 5.74) is 5.17. The Morgan fingerprint density at radius 3 is 2.25 bits per heavy atom. The fourth-order valence-corrected chi connectivity index (χ4v) is 1.82. The van der Waals surface area contributed by atoms with E-state index >= 15 is 0 Å². The van der Waals surface area contributed by atoms with E-state index in [2.05, 4.69) is 15.6 Å². The molecule has 0 atom stereocenters. The van der Waals surface area contributed by atoms with Crippen molar-refractivity contribution in [2.24, 2.45) is 5.73 Å². The van der Waals surface area contributed by atoms with Gasteiger partial charge in [0.1, 0.15) is 5.69 Å². The van der Waals surface area contributed by atoms with Crippen molar-refractivity contribution < 1.29 is 22.8 Å². The minimum Gasteiger partial charge on any atom is -0.351 e. The number of halogens is 3. The topological polar surface area (TPSA) is 97.1 Å². The minimum absolute atomic E-state index is 0.116. The lowest BCUT2D eigenvalue weighted by molar-refractivity contribution is -0.137. The van der Waals surface area contributed by atoms with Gasteiger partial charge in [-0.2, -0.15) is 13.2 Å². The third-order valence-corrected chi connectivity index (χ3v) is 3.00. The average molecular weight is 338 g/mol. The molecular formula is C15H13F3N4O2. The van der Waals surface area contributed by atoms with Crippen LogP contribution in [0.25, 0.3) is 0 Å². The van der Waals surface area contributed by atoms with E-state index in [0.29, 0.717) is 11.9 Å². The van der Waals surface area contributed by atoms with E-state index in [1.54, 1.807) is 24.3 Å². The highest BCUT2D eigenvalue weighted by atomic mass is 19.4. The summed E-state index contributed by atoms with van der Waals surface area (Å²) in [4.78, 5) is 26.1. The summed E-state index contributed by atoms with van der Waals surface area (Å²) in [5.74, 6) is -0.594. The number of pyridine rings is 1. The molecule has 0 saturated heterocycles. The number of amides is 3. The van der Waals surface area contributed by atoms with Crippen LogP contribution in [0.5, 0.6) is 0 Å². The summed E-state index contributed by atoms with van der Waals surface area (Å²) < 4.78 is 37.3. The maximum atomic E-state index is 12.4. The maximum absolute atomic E-state index is 12.4. The summed E-state index contributed by atoms with van der Waals surface area (Å²) in [6.45, 7) is 0.151. The Labute approximate surface area is 134 Å².